The molecule has 39 heavy (non-hydrogen) atoms. The number of para-hydroxylation sites is 1. The molecule has 0 saturated carbocycles. The van der Waals surface area contributed by atoms with Gasteiger partial charge in [0.25, 0.3) is 5.56 Å². The zero-order valence-electron chi connectivity index (χ0n) is 20.1. The van der Waals surface area contributed by atoms with Gasteiger partial charge in [-0.1, -0.05) is 63.4 Å². The molecule has 0 amide bonds. The maximum atomic E-state index is 13.5. The Hall–Kier alpha value is -3.91. The lowest BCUT2D eigenvalue weighted by Gasteiger charge is -2.09. The van der Waals surface area contributed by atoms with Gasteiger partial charge in [0.05, 0.1) is 22.1 Å². The van der Waals surface area contributed by atoms with Gasteiger partial charge < -0.3 is 9.15 Å². The van der Waals surface area contributed by atoms with Crippen molar-refractivity contribution in [2.45, 2.75) is 6.61 Å². The van der Waals surface area contributed by atoms with Crippen molar-refractivity contribution in [2.24, 2.45) is 5.10 Å². The summed E-state index contributed by atoms with van der Waals surface area (Å²) in [7, 11) is 0. The quantitative estimate of drug-likeness (QED) is 0.176. The Morgan fingerprint density at radius 1 is 0.974 bits per heavy atom. The van der Waals surface area contributed by atoms with Crippen LogP contribution in [0.15, 0.2) is 110 Å². The van der Waals surface area contributed by atoms with Crippen molar-refractivity contribution >= 4 is 67.2 Å². The predicted molar refractivity (Wildman–Crippen MR) is 159 cm³/mol. The second-order valence-corrected chi connectivity index (χ2v) is 10.5. The van der Waals surface area contributed by atoms with E-state index in [1.54, 1.807) is 60.8 Å². The molecule has 0 radical (unpaired) electrons. The zero-order chi connectivity index (χ0) is 26.9. The Balaban J connectivity index is 1.35. The third-order valence-electron chi connectivity index (χ3n) is 6.04. The molecular weight excluding hydrogens is 601 g/mol. The van der Waals surface area contributed by atoms with Gasteiger partial charge in [-0.3, -0.25) is 4.79 Å². The first-order valence-corrected chi connectivity index (χ1v) is 13.4. The van der Waals surface area contributed by atoms with Crippen LogP contribution in [0.4, 0.5) is 0 Å². The molecule has 0 spiro atoms. The van der Waals surface area contributed by atoms with Gasteiger partial charge in [-0.05, 0) is 77.9 Å². The first-order valence-electron chi connectivity index (χ1n) is 11.9. The Morgan fingerprint density at radius 3 is 2.62 bits per heavy atom. The van der Waals surface area contributed by atoms with Crippen LogP contribution in [0, 0.1) is 0 Å². The van der Waals surface area contributed by atoms with Crippen LogP contribution in [0.25, 0.3) is 33.5 Å². The summed E-state index contributed by atoms with van der Waals surface area (Å²) < 4.78 is 14.1. The van der Waals surface area contributed by atoms with Crippen LogP contribution < -0.4 is 10.3 Å². The van der Waals surface area contributed by atoms with Gasteiger partial charge in [0.1, 0.15) is 17.9 Å². The summed E-state index contributed by atoms with van der Waals surface area (Å²) in [6, 6.07) is 27.4. The molecule has 9 heteroatoms. The molecule has 6 aromatic rings. The molecule has 6 rings (SSSR count). The number of halogens is 3. The van der Waals surface area contributed by atoms with Gasteiger partial charge in [0.15, 0.2) is 5.76 Å². The number of hydrogen-bond acceptors (Lipinski definition) is 5. The minimum absolute atomic E-state index is 0.267. The highest BCUT2D eigenvalue weighted by molar-refractivity contribution is 9.10. The number of nitrogens with zero attached hydrogens (tertiary/aromatic N) is 3. The monoisotopic (exact) mass is 617 g/mol. The summed E-state index contributed by atoms with van der Waals surface area (Å²) in [5.74, 6) is 1.20. The Morgan fingerprint density at radius 2 is 1.79 bits per heavy atom. The third kappa shape index (κ3) is 5.34. The summed E-state index contributed by atoms with van der Waals surface area (Å²) in [5.41, 5.74) is 2.53. The largest absolute Gasteiger partial charge is 0.487 e. The van der Waals surface area contributed by atoms with Crippen molar-refractivity contribution < 1.29 is 9.15 Å². The summed E-state index contributed by atoms with van der Waals surface area (Å²) in [4.78, 5) is 18.2. The van der Waals surface area contributed by atoms with E-state index in [4.69, 9.17) is 37.3 Å². The van der Waals surface area contributed by atoms with Gasteiger partial charge in [0, 0.05) is 14.9 Å². The number of furan rings is 1. The number of hydrogen-bond donors (Lipinski definition) is 0. The van der Waals surface area contributed by atoms with Crippen LogP contribution >= 0.6 is 39.1 Å². The number of rotatable bonds is 6. The smallest absolute Gasteiger partial charge is 0.282 e. The van der Waals surface area contributed by atoms with Crippen LogP contribution in [0.1, 0.15) is 11.1 Å². The van der Waals surface area contributed by atoms with Crippen molar-refractivity contribution in [3.8, 4) is 17.3 Å². The van der Waals surface area contributed by atoms with Crippen molar-refractivity contribution in [1.29, 1.82) is 0 Å². The number of benzene rings is 4. The number of fused-ring (bicyclic) bond motifs is 2. The second kappa shape index (κ2) is 10.7. The molecule has 192 valence electrons. The van der Waals surface area contributed by atoms with E-state index in [2.05, 4.69) is 21.0 Å². The Kier molecular flexibility index (Phi) is 6.95. The van der Waals surface area contributed by atoms with E-state index in [1.165, 1.54) is 4.68 Å². The van der Waals surface area contributed by atoms with Crippen LogP contribution in [-0.4, -0.2) is 15.9 Å². The van der Waals surface area contributed by atoms with Crippen LogP contribution in [0.5, 0.6) is 5.75 Å². The predicted octanol–water partition coefficient (Wildman–Crippen LogP) is 8.34. The summed E-state index contributed by atoms with van der Waals surface area (Å²) in [6.07, 6.45) is 1.55. The Bertz CT molecular complexity index is 1930. The molecule has 2 aromatic heterocycles. The number of aromatic nitrogens is 2. The fourth-order valence-corrected chi connectivity index (χ4v) is 4.78. The van der Waals surface area contributed by atoms with E-state index in [0.717, 1.165) is 15.4 Å². The lowest BCUT2D eigenvalue weighted by atomic mass is 10.2. The SMILES string of the molecule is O=c1c2ccccc2nc(-c2cc3cc(Cl)ccc3o2)n1N=Cc1ccc(OCc2ccc(Br)cc2)c(Cl)c1. The average molecular weight is 619 g/mol. The molecule has 0 atom stereocenters. The van der Waals surface area contributed by atoms with Gasteiger partial charge in [-0.2, -0.15) is 9.78 Å². The van der Waals surface area contributed by atoms with Gasteiger partial charge >= 0.3 is 0 Å². The molecule has 0 aliphatic heterocycles. The van der Waals surface area contributed by atoms with Crippen molar-refractivity contribution in [3.05, 3.63) is 127 Å². The third-order valence-corrected chi connectivity index (χ3v) is 7.10. The molecule has 4 aromatic carbocycles. The van der Waals surface area contributed by atoms with Crippen LogP contribution in [0.3, 0.4) is 0 Å². The maximum Gasteiger partial charge on any atom is 0.282 e. The lowest BCUT2D eigenvalue weighted by molar-refractivity contribution is 0.306. The molecule has 0 unspecified atom stereocenters. The van der Waals surface area contributed by atoms with Crippen molar-refractivity contribution in [1.82, 2.24) is 9.66 Å². The van der Waals surface area contributed by atoms with Gasteiger partial charge in [0.2, 0.25) is 5.82 Å². The minimum Gasteiger partial charge on any atom is -0.487 e. The van der Waals surface area contributed by atoms with Crippen LogP contribution in [-0.2, 0) is 6.61 Å². The molecule has 2 heterocycles. The summed E-state index contributed by atoms with van der Waals surface area (Å²) in [6.45, 7) is 0.380. The van der Waals surface area contributed by atoms with E-state index in [1.807, 2.05) is 36.4 Å². The molecule has 0 bridgehead atoms. The zero-order valence-corrected chi connectivity index (χ0v) is 23.2. The fraction of sp³-hybridized carbons (Fsp3) is 0.0333. The highest BCUT2D eigenvalue weighted by atomic mass is 79.9. The van der Waals surface area contributed by atoms with E-state index < -0.39 is 0 Å². The summed E-state index contributed by atoms with van der Waals surface area (Å²) in [5, 5.41) is 6.73. The number of ether oxygens (including phenoxy) is 1. The second-order valence-electron chi connectivity index (χ2n) is 8.71. The minimum atomic E-state index is -0.328. The first-order chi connectivity index (χ1) is 18.9. The Labute approximate surface area is 241 Å². The fourth-order valence-electron chi connectivity index (χ4n) is 4.10. The molecule has 0 aliphatic carbocycles. The van der Waals surface area contributed by atoms with E-state index in [-0.39, 0.29) is 11.4 Å². The standard InChI is InChI=1S/C30H18BrCl2N3O3/c31-21-8-5-18(6-9-21)17-38-27-11-7-19(13-24(27)33)16-34-36-29(35-25-4-2-1-3-23(25)30(36)37)28-15-20-14-22(32)10-12-26(20)39-28/h1-16H,17H2. The lowest BCUT2D eigenvalue weighted by Crippen LogP contribution is -2.20. The maximum absolute atomic E-state index is 13.5. The van der Waals surface area contributed by atoms with Gasteiger partial charge in [-0.15, -0.1) is 0 Å². The normalized spacial score (nSPS) is 11.6. The van der Waals surface area contributed by atoms with E-state index in [9.17, 15) is 4.79 Å². The van der Waals surface area contributed by atoms with E-state index >= 15 is 0 Å². The molecule has 6 nitrogen and oxygen atoms in total. The topological polar surface area (TPSA) is 69.6 Å². The first kappa shape index (κ1) is 25.4. The molecule has 0 fully saturated rings. The summed E-state index contributed by atoms with van der Waals surface area (Å²) >= 11 is 16.1. The van der Waals surface area contributed by atoms with Crippen LogP contribution in [0.2, 0.25) is 10.0 Å². The van der Waals surface area contributed by atoms with E-state index in [0.29, 0.717) is 50.2 Å². The highest BCUT2D eigenvalue weighted by Crippen LogP contribution is 2.30. The molecular formula is C30H18BrCl2N3O3. The van der Waals surface area contributed by atoms with Crippen molar-refractivity contribution in [2.75, 3.05) is 0 Å². The highest BCUT2D eigenvalue weighted by Gasteiger charge is 2.16. The molecule has 0 aliphatic rings. The average Bonchev–Trinajstić information content (AvgIpc) is 3.36. The van der Waals surface area contributed by atoms with Crippen molar-refractivity contribution in [3.63, 3.8) is 0 Å². The molecule has 0 saturated heterocycles. The molecule has 0 N–H and O–H groups in total. The van der Waals surface area contributed by atoms with Gasteiger partial charge in [-0.25, -0.2) is 4.98 Å².